The Labute approximate surface area is 96.4 Å². The van der Waals surface area contributed by atoms with Crippen LogP contribution in [0.15, 0.2) is 0 Å². The number of aliphatic hydroxyl groups is 1. The van der Waals surface area contributed by atoms with E-state index >= 15 is 0 Å². The zero-order valence-electron chi connectivity index (χ0n) is 9.09. The SMILES string of the molecule is CCCCC(CC)C(O)CC(C)I. The summed E-state index contributed by atoms with van der Waals surface area (Å²) in [7, 11) is 0. The highest BCUT2D eigenvalue weighted by atomic mass is 127. The summed E-state index contributed by atoms with van der Waals surface area (Å²) < 4.78 is 0.586. The molecule has 0 amide bonds. The van der Waals surface area contributed by atoms with Crippen LogP contribution in [0.1, 0.15) is 52.9 Å². The minimum Gasteiger partial charge on any atom is -0.393 e. The van der Waals surface area contributed by atoms with Gasteiger partial charge in [-0.2, -0.15) is 0 Å². The number of unbranched alkanes of at least 4 members (excludes halogenated alkanes) is 1. The van der Waals surface area contributed by atoms with Crippen LogP contribution < -0.4 is 0 Å². The minimum atomic E-state index is -0.0801. The second-order valence-corrected chi connectivity index (χ2v) is 6.02. The van der Waals surface area contributed by atoms with Crippen LogP contribution in [0.5, 0.6) is 0 Å². The monoisotopic (exact) mass is 298 g/mol. The van der Waals surface area contributed by atoms with Crippen molar-refractivity contribution < 1.29 is 5.11 Å². The molecular weight excluding hydrogens is 275 g/mol. The molecule has 0 fully saturated rings. The van der Waals surface area contributed by atoms with Crippen LogP contribution in [0, 0.1) is 5.92 Å². The third-order valence-electron chi connectivity index (χ3n) is 2.56. The molecule has 0 heterocycles. The highest BCUT2D eigenvalue weighted by Gasteiger charge is 2.17. The first kappa shape index (κ1) is 13.7. The van der Waals surface area contributed by atoms with Gasteiger partial charge in [-0.15, -0.1) is 0 Å². The lowest BCUT2D eigenvalue weighted by molar-refractivity contribution is 0.0919. The van der Waals surface area contributed by atoms with E-state index in [0.29, 0.717) is 9.84 Å². The van der Waals surface area contributed by atoms with Gasteiger partial charge in [0.25, 0.3) is 0 Å². The van der Waals surface area contributed by atoms with Gasteiger partial charge in [-0.3, -0.25) is 0 Å². The quantitative estimate of drug-likeness (QED) is 0.560. The Hall–Kier alpha value is 0.690. The third kappa shape index (κ3) is 6.72. The molecule has 80 valence electrons. The molecule has 0 aliphatic carbocycles. The van der Waals surface area contributed by atoms with Gasteiger partial charge in [0.05, 0.1) is 6.10 Å². The fourth-order valence-corrected chi connectivity index (χ4v) is 2.18. The number of hydrogen-bond donors (Lipinski definition) is 1. The first-order chi connectivity index (χ1) is 6.11. The molecule has 0 aromatic rings. The van der Waals surface area contributed by atoms with E-state index in [4.69, 9.17) is 0 Å². The molecule has 2 heteroatoms. The summed E-state index contributed by atoms with van der Waals surface area (Å²) in [6, 6.07) is 0. The second-order valence-electron chi connectivity index (χ2n) is 3.89. The Balaban J connectivity index is 3.77. The summed E-state index contributed by atoms with van der Waals surface area (Å²) >= 11 is 2.39. The molecule has 0 saturated carbocycles. The van der Waals surface area contributed by atoms with Crippen molar-refractivity contribution in [3.05, 3.63) is 0 Å². The lowest BCUT2D eigenvalue weighted by Gasteiger charge is -2.22. The summed E-state index contributed by atoms with van der Waals surface area (Å²) in [4.78, 5) is 0. The molecule has 3 unspecified atom stereocenters. The highest BCUT2D eigenvalue weighted by molar-refractivity contribution is 14.1. The summed E-state index contributed by atoms with van der Waals surface area (Å²) in [6.45, 7) is 6.55. The summed E-state index contributed by atoms with van der Waals surface area (Å²) in [5.74, 6) is 0.525. The first-order valence-electron chi connectivity index (χ1n) is 5.43. The van der Waals surface area contributed by atoms with Crippen molar-refractivity contribution in [2.75, 3.05) is 0 Å². The molecule has 1 N–H and O–H groups in total. The van der Waals surface area contributed by atoms with Gasteiger partial charge in [0, 0.05) is 3.92 Å². The van der Waals surface area contributed by atoms with E-state index in [-0.39, 0.29) is 6.10 Å². The summed E-state index contributed by atoms with van der Waals surface area (Å²) in [5.41, 5.74) is 0. The molecule has 0 aliphatic rings. The molecule has 0 aliphatic heterocycles. The highest BCUT2D eigenvalue weighted by Crippen LogP contribution is 2.22. The third-order valence-corrected chi connectivity index (χ3v) is 3.07. The van der Waals surface area contributed by atoms with E-state index in [2.05, 4.69) is 43.4 Å². The van der Waals surface area contributed by atoms with Crippen LogP contribution in [0.4, 0.5) is 0 Å². The Bertz CT molecular complexity index is 115. The number of alkyl halides is 1. The van der Waals surface area contributed by atoms with Gasteiger partial charge in [0.2, 0.25) is 0 Å². The van der Waals surface area contributed by atoms with Gasteiger partial charge in [0.15, 0.2) is 0 Å². The van der Waals surface area contributed by atoms with Gasteiger partial charge >= 0.3 is 0 Å². The fourth-order valence-electron chi connectivity index (χ4n) is 1.66. The molecule has 0 rings (SSSR count). The smallest absolute Gasteiger partial charge is 0.0578 e. The van der Waals surface area contributed by atoms with E-state index in [0.717, 1.165) is 12.8 Å². The van der Waals surface area contributed by atoms with Crippen molar-refractivity contribution in [1.29, 1.82) is 0 Å². The molecular formula is C11H23IO. The predicted octanol–water partition coefficient (Wildman–Crippen LogP) is 3.78. The fraction of sp³-hybridized carbons (Fsp3) is 1.00. The first-order valence-corrected chi connectivity index (χ1v) is 6.68. The van der Waals surface area contributed by atoms with Gasteiger partial charge in [-0.05, 0) is 18.8 Å². The van der Waals surface area contributed by atoms with Gasteiger partial charge in [-0.25, -0.2) is 0 Å². The molecule has 1 nitrogen and oxygen atoms in total. The number of hydrogen-bond acceptors (Lipinski definition) is 1. The molecule has 0 spiro atoms. The Morgan fingerprint density at radius 3 is 2.31 bits per heavy atom. The van der Waals surface area contributed by atoms with Crippen molar-refractivity contribution in [3.8, 4) is 0 Å². The van der Waals surface area contributed by atoms with Crippen LogP contribution in [0.3, 0.4) is 0 Å². The zero-order valence-corrected chi connectivity index (χ0v) is 11.3. The van der Waals surface area contributed by atoms with Gasteiger partial charge in [-0.1, -0.05) is 62.6 Å². The summed E-state index contributed by atoms with van der Waals surface area (Å²) in [5, 5.41) is 9.90. The molecule has 0 aromatic heterocycles. The van der Waals surface area contributed by atoms with Crippen molar-refractivity contribution in [2.24, 2.45) is 5.92 Å². The van der Waals surface area contributed by atoms with Crippen LogP contribution in [0.2, 0.25) is 0 Å². The maximum atomic E-state index is 9.90. The number of rotatable bonds is 7. The van der Waals surface area contributed by atoms with Gasteiger partial charge < -0.3 is 5.11 Å². The standard InChI is InChI=1S/C11H23IO/c1-4-6-7-10(5-2)11(13)8-9(3)12/h9-11,13H,4-8H2,1-3H3. The zero-order chi connectivity index (χ0) is 10.3. The Morgan fingerprint density at radius 1 is 1.31 bits per heavy atom. The van der Waals surface area contributed by atoms with Crippen molar-refractivity contribution in [3.63, 3.8) is 0 Å². The van der Waals surface area contributed by atoms with Crippen LogP contribution >= 0.6 is 22.6 Å². The molecule has 0 saturated heterocycles. The minimum absolute atomic E-state index is 0.0801. The van der Waals surface area contributed by atoms with Crippen LogP contribution in [-0.2, 0) is 0 Å². The van der Waals surface area contributed by atoms with E-state index in [9.17, 15) is 5.11 Å². The number of halogens is 1. The maximum Gasteiger partial charge on any atom is 0.0578 e. The number of aliphatic hydroxyl groups excluding tert-OH is 1. The molecule has 0 bridgehead atoms. The van der Waals surface area contributed by atoms with E-state index in [1.54, 1.807) is 0 Å². The lowest BCUT2D eigenvalue weighted by atomic mass is 9.91. The van der Waals surface area contributed by atoms with Crippen LogP contribution in [0.25, 0.3) is 0 Å². The average molecular weight is 298 g/mol. The second kappa shape index (κ2) is 8.04. The normalized spacial score (nSPS) is 18.2. The van der Waals surface area contributed by atoms with Crippen molar-refractivity contribution in [1.82, 2.24) is 0 Å². The van der Waals surface area contributed by atoms with Crippen molar-refractivity contribution >= 4 is 22.6 Å². The predicted molar refractivity (Wildman–Crippen MR) is 67.4 cm³/mol. The molecule has 3 atom stereocenters. The maximum absolute atomic E-state index is 9.90. The van der Waals surface area contributed by atoms with E-state index in [1.165, 1.54) is 19.3 Å². The topological polar surface area (TPSA) is 20.2 Å². The Kier molecular flexibility index (Phi) is 8.46. The molecule has 0 aromatic carbocycles. The molecule has 0 radical (unpaired) electrons. The largest absolute Gasteiger partial charge is 0.393 e. The van der Waals surface area contributed by atoms with Crippen molar-refractivity contribution in [2.45, 2.75) is 62.9 Å². The Morgan fingerprint density at radius 2 is 1.92 bits per heavy atom. The van der Waals surface area contributed by atoms with Gasteiger partial charge in [0.1, 0.15) is 0 Å². The average Bonchev–Trinajstić information content (AvgIpc) is 2.04. The summed E-state index contributed by atoms with van der Waals surface area (Å²) in [6.07, 6.45) is 5.67. The van der Waals surface area contributed by atoms with Crippen LogP contribution in [-0.4, -0.2) is 15.1 Å². The van der Waals surface area contributed by atoms with E-state index in [1.807, 2.05) is 0 Å². The molecule has 13 heavy (non-hydrogen) atoms. The van der Waals surface area contributed by atoms with E-state index < -0.39 is 0 Å². The lowest BCUT2D eigenvalue weighted by Crippen LogP contribution is -2.22.